The number of sulfonamides is 1. The molecule has 2 aliphatic rings. The third-order valence-corrected chi connectivity index (χ3v) is 10.7. The number of rotatable bonds is 11. The number of carboxylic acid groups (broad SMARTS) is 1. The fourth-order valence-corrected chi connectivity index (χ4v) is 7.84. The fourth-order valence-electron chi connectivity index (χ4n) is 5.65. The second kappa shape index (κ2) is 12.9. The van der Waals surface area contributed by atoms with E-state index in [0.29, 0.717) is 39.7 Å². The maximum atomic E-state index is 14.3. The van der Waals surface area contributed by atoms with Crippen molar-refractivity contribution in [2.24, 2.45) is 5.92 Å². The molecule has 0 bridgehead atoms. The highest BCUT2D eigenvalue weighted by atomic mass is 35.5. The Bertz CT molecular complexity index is 1560. The van der Waals surface area contributed by atoms with Crippen molar-refractivity contribution in [3.05, 3.63) is 100 Å². The number of hydrogen-bond donors (Lipinski definition) is 1. The molecule has 11 heteroatoms. The van der Waals surface area contributed by atoms with E-state index in [4.69, 9.17) is 27.9 Å². The number of nitrogens with zero attached hydrogens (tertiary/aromatic N) is 2. The van der Waals surface area contributed by atoms with Crippen molar-refractivity contribution < 1.29 is 27.9 Å². The van der Waals surface area contributed by atoms with E-state index in [1.54, 1.807) is 71.6 Å². The van der Waals surface area contributed by atoms with Crippen molar-refractivity contribution in [1.29, 1.82) is 0 Å². The van der Waals surface area contributed by atoms with E-state index in [1.165, 1.54) is 4.31 Å². The zero-order valence-corrected chi connectivity index (χ0v) is 26.2. The summed E-state index contributed by atoms with van der Waals surface area (Å²) in [6.45, 7) is 3.85. The van der Waals surface area contributed by atoms with Gasteiger partial charge in [-0.25, -0.2) is 8.42 Å². The Hall–Kier alpha value is -3.11. The first-order chi connectivity index (χ1) is 20.5. The molecule has 1 aliphatic carbocycles. The molecule has 1 aliphatic heterocycles. The zero-order chi connectivity index (χ0) is 30.9. The number of halogens is 2. The SMILES string of the molecule is CC(C)[C@H](CN(c1ccccc1)S(=O)(=O)C1CC1)N1C(=O)[C@@H](CC(=O)O)O[C@H](c2cccc(Cl)c2)[C@H]1c1ccc(Cl)cc1. The van der Waals surface area contributed by atoms with Crippen LogP contribution >= 0.6 is 23.2 Å². The Morgan fingerprint density at radius 2 is 1.65 bits per heavy atom. The Kier molecular flexibility index (Phi) is 9.37. The van der Waals surface area contributed by atoms with Crippen LogP contribution in [0.25, 0.3) is 0 Å². The van der Waals surface area contributed by atoms with Crippen LogP contribution in [0.4, 0.5) is 5.69 Å². The molecule has 8 nitrogen and oxygen atoms in total. The van der Waals surface area contributed by atoms with Crippen molar-refractivity contribution in [3.8, 4) is 0 Å². The van der Waals surface area contributed by atoms with Gasteiger partial charge in [0.05, 0.1) is 36.0 Å². The number of aliphatic carboxylic acids is 1. The quantitative estimate of drug-likeness (QED) is 0.255. The lowest BCUT2D eigenvalue weighted by Crippen LogP contribution is -2.59. The van der Waals surface area contributed by atoms with Crippen LogP contribution in [-0.2, 0) is 24.3 Å². The molecule has 0 radical (unpaired) electrons. The number of ether oxygens (including phenoxy) is 1. The first kappa shape index (κ1) is 31.3. The third kappa shape index (κ3) is 6.85. The van der Waals surface area contributed by atoms with Crippen molar-refractivity contribution >= 4 is 50.8 Å². The van der Waals surface area contributed by atoms with Gasteiger partial charge in [-0.2, -0.15) is 0 Å². The Morgan fingerprint density at radius 1 is 0.977 bits per heavy atom. The van der Waals surface area contributed by atoms with Gasteiger partial charge in [-0.1, -0.05) is 79.5 Å². The molecule has 0 unspecified atom stereocenters. The van der Waals surface area contributed by atoms with Gasteiger partial charge in [0.15, 0.2) is 0 Å². The van der Waals surface area contributed by atoms with Crippen LogP contribution in [-0.4, -0.2) is 54.2 Å². The molecule has 0 spiro atoms. The number of benzene rings is 3. The van der Waals surface area contributed by atoms with E-state index in [1.807, 2.05) is 26.0 Å². The van der Waals surface area contributed by atoms with Crippen molar-refractivity contribution in [2.45, 2.75) is 62.7 Å². The van der Waals surface area contributed by atoms with Crippen LogP contribution in [0, 0.1) is 5.92 Å². The summed E-state index contributed by atoms with van der Waals surface area (Å²) >= 11 is 12.6. The minimum absolute atomic E-state index is 0.0155. The van der Waals surface area contributed by atoms with E-state index < -0.39 is 57.9 Å². The van der Waals surface area contributed by atoms with Gasteiger partial charge in [-0.15, -0.1) is 0 Å². The molecule has 43 heavy (non-hydrogen) atoms. The minimum Gasteiger partial charge on any atom is -0.481 e. The van der Waals surface area contributed by atoms with Crippen LogP contribution in [0.1, 0.15) is 56.4 Å². The standard InChI is InChI=1S/C32H34Cl2N2O6S/c1-20(2)27(19-35(25-9-4-3-5-10-25)43(40,41)26-15-16-26)36-30(21-11-13-23(33)14-12-21)31(22-7-6-8-24(34)17-22)42-28(32(36)39)18-29(37)38/h3-14,17,20,26-28,30-31H,15-16,18-19H2,1-2H3,(H,37,38)/t27-,28+,30+,31+/m0/s1. The van der Waals surface area contributed by atoms with Gasteiger partial charge < -0.3 is 14.7 Å². The molecular formula is C32H34Cl2N2O6S. The molecule has 1 amide bonds. The van der Waals surface area contributed by atoms with Gasteiger partial charge in [-0.05, 0) is 66.3 Å². The fraction of sp³-hybridized carbons (Fsp3) is 0.375. The molecule has 3 aromatic rings. The number of para-hydroxylation sites is 1. The molecule has 4 atom stereocenters. The summed E-state index contributed by atoms with van der Waals surface area (Å²) in [5.41, 5.74) is 1.88. The first-order valence-electron chi connectivity index (χ1n) is 14.2. The van der Waals surface area contributed by atoms with Crippen molar-refractivity contribution in [3.63, 3.8) is 0 Å². The molecule has 2 fully saturated rings. The van der Waals surface area contributed by atoms with Gasteiger partial charge in [0.1, 0.15) is 12.2 Å². The minimum atomic E-state index is -3.72. The third-order valence-electron chi connectivity index (χ3n) is 7.95. The summed E-state index contributed by atoms with van der Waals surface area (Å²) < 4.78 is 35.4. The van der Waals surface area contributed by atoms with Crippen LogP contribution < -0.4 is 4.31 Å². The van der Waals surface area contributed by atoms with E-state index in [0.717, 1.165) is 0 Å². The van der Waals surface area contributed by atoms with Crippen LogP contribution in [0.3, 0.4) is 0 Å². The second-order valence-electron chi connectivity index (χ2n) is 11.4. The Labute approximate surface area is 262 Å². The van der Waals surface area contributed by atoms with Gasteiger partial charge >= 0.3 is 5.97 Å². The summed E-state index contributed by atoms with van der Waals surface area (Å²) in [4.78, 5) is 27.9. The van der Waals surface area contributed by atoms with Crippen molar-refractivity contribution in [2.75, 3.05) is 10.8 Å². The number of anilines is 1. The lowest BCUT2D eigenvalue weighted by Gasteiger charge is -2.50. The molecule has 0 aromatic heterocycles. The highest BCUT2D eigenvalue weighted by Crippen LogP contribution is 2.46. The summed E-state index contributed by atoms with van der Waals surface area (Å²) in [5, 5.41) is 10.2. The predicted molar refractivity (Wildman–Crippen MR) is 167 cm³/mol. The number of hydrogen-bond acceptors (Lipinski definition) is 5. The number of carbonyl (C=O) groups is 2. The molecule has 228 valence electrons. The summed E-state index contributed by atoms with van der Waals surface area (Å²) in [7, 11) is -3.72. The molecule has 5 rings (SSSR count). The van der Waals surface area contributed by atoms with Gasteiger partial charge in [0.2, 0.25) is 10.0 Å². The van der Waals surface area contributed by atoms with E-state index in [9.17, 15) is 23.1 Å². The maximum absolute atomic E-state index is 14.3. The lowest BCUT2D eigenvalue weighted by molar-refractivity contribution is -0.184. The molecule has 3 aromatic carbocycles. The highest BCUT2D eigenvalue weighted by Gasteiger charge is 2.50. The van der Waals surface area contributed by atoms with E-state index in [2.05, 4.69) is 0 Å². The zero-order valence-electron chi connectivity index (χ0n) is 23.8. The van der Waals surface area contributed by atoms with E-state index in [-0.39, 0.29) is 12.5 Å². The monoisotopic (exact) mass is 644 g/mol. The molecule has 1 N–H and O–H groups in total. The summed E-state index contributed by atoms with van der Waals surface area (Å²) in [6, 6.07) is 21.6. The average molecular weight is 646 g/mol. The topological polar surface area (TPSA) is 104 Å². The summed E-state index contributed by atoms with van der Waals surface area (Å²) in [6.07, 6.45) is -1.48. The van der Waals surface area contributed by atoms with E-state index >= 15 is 0 Å². The first-order valence-corrected chi connectivity index (χ1v) is 16.5. The molecular weight excluding hydrogens is 611 g/mol. The number of amides is 1. The van der Waals surface area contributed by atoms with Crippen LogP contribution in [0.2, 0.25) is 10.0 Å². The highest BCUT2D eigenvalue weighted by molar-refractivity contribution is 7.93. The predicted octanol–water partition coefficient (Wildman–Crippen LogP) is 6.50. The van der Waals surface area contributed by atoms with Gasteiger partial charge in [0, 0.05) is 10.0 Å². The normalized spacial score (nSPS) is 21.6. The van der Waals surface area contributed by atoms with Crippen molar-refractivity contribution in [1.82, 2.24) is 4.90 Å². The number of morpholine rings is 1. The number of carboxylic acids is 1. The molecule has 1 heterocycles. The lowest BCUT2D eigenvalue weighted by atomic mass is 9.88. The Balaban J connectivity index is 1.67. The van der Waals surface area contributed by atoms with Gasteiger partial charge in [-0.3, -0.25) is 13.9 Å². The van der Waals surface area contributed by atoms with Crippen LogP contribution in [0.15, 0.2) is 78.9 Å². The maximum Gasteiger partial charge on any atom is 0.306 e. The smallest absolute Gasteiger partial charge is 0.306 e. The molecule has 1 saturated heterocycles. The largest absolute Gasteiger partial charge is 0.481 e. The second-order valence-corrected chi connectivity index (χ2v) is 14.4. The van der Waals surface area contributed by atoms with Gasteiger partial charge in [0.25, 0.3) is 5.91 Å². The Morgan fingerprint density at radius 3 is 2.23 bits per heavy atom. The molecule has 1 saturated carbocycles. The van der Waals surface area contributed by atoms with Crippen LogP contribution in [0.5, 0.6) is 0 Å². The summed E-state index contributed by atoms with van der Waals surface area (Å²) in [5.74, 6) is -1.92. The number of carbonyl (C=O) groups excluding carboxylic acids is 1. The average Bonchev–Trinajstić information content (AvgIpc) is 3.82.